The standard InChI is InChI=1S/C28H32FN7O5/c1-4-34(5-2)18(3)27(37)39-17-21-13-26(32-41-21)25-9-6-19(14-30-25)23-8-7-20(12-24(23)29)36-16-22(40-28(36)38)15-35-11-10-31-33-35/h6-14,18,21-22,32H,4-5,15-17H2,1-3H3/t18-,21-,22-/m0/s1. The second-order valence-corrected chi connectivity index (χ2v) is 9.70. The van der Waals surface area contributed by atoms with Crippen molar-refractivity contribution in [3.05, 3.63) is 66.5 Å². The molecule has 1 amide bonds. The number of hydrogen-bond acceptors (Lipinski definition) is 10. The minimum Gasteiger partial charge on any atom is -0.461 e. The van der Waals surface area contributed by atoms with E-state index in [9.17, 15) is 9.59 Å². The van der Waals surface area contributed by atoms with E-state index in [1.165, 1.54) is 11.0 Å². The molecule has 0 radical (unpaired) electrons. The van der Waals surface area contributed by atoms with Crippen molar-refractivity contribution in [2.24, 2.45) is 0 Å². The number of esters is 1. The molecule has 0 saturated carbocycles. The molecule has 2 aliphatic rings. The molecule has 2 aromatic heterocycles. The summed E-state index contributed by atoms with van der Waals surface area (Å²) in [7, 11) is 0. The van der Waals surface area contributed by atoms with Crippen LogP contribution in [0.25, 0.3) is 16.8 Å². The number of nitrogens with zero attached hydrogens (tertiary/aromatic N) is 6. The Bertz CT molecular complexity index is 1400. The smallest absolute Gasteiger partial charge is 0.414 e. The topological polar surface area (TPSA) is 124 Å². The van der Waals surface area contributed by atoms with Crippen molar-refractivity contribution in [2.45, 2.75) is 45.6 Å². The number of carbonyl (C=O) groups is 2. The van der Waals surface area contributed by atoms with Gasteiger partial charge in [-0.2, -0.15) is 0 Å². The van der Waals surface area contributed by atoms with E-state index in [-0.39, 0.29) is 25.2 Å². The van der Waals surface area contributed by atoms with Crippen LogP contribution >= 0.6 is 0 Å². The molecule has 216 valence electrons. The van der Waals surface area contributed by atoms with Crippen molar-refractivity contribution in [1.82, 2.24) is 30.4 Å². The molecule has 1 saturated heterocycles. The van der Waals surface area contributed by atoms with Crippen LogP contribution in [-0.4, -0.2) is 81.4 Å². The van der Waals surface area contributed by atoms with E-state index < -0.39 is 24.1 Å². The fraction of sp³-hybridized carbons (Fsp3) is 0.393. The van der Waals surface area contributed by atoms with Gasteiger partial charge >= 0.3 is 12.1 Å². The molecule has 3 atom stereocenters. The van der Waals surface area contributed by atoms with Crippen LogP contribution in [0.4, 0.5) is 14.9 Å². The Morgan fingerprint density at radius 3 is 2.78 bits per heavy atom. The maximum Gasteiger partial charge on any atom is 0.414 e. The zero-order valence-electron chi connectivity index (χ0n) is 23.1. The SMILES string of the molecule is CCN(CC)[C@@H](C)C(=O)OC[C@@H]1C=C(c2ccc(-c3ccc(N4C[C@H](Cn5ccnn5)OC4=O)cc3F)cn2)NO1. The number of anilines is 1. The summed E-state index contributed by atoms with van der Waals surface area (Å²) in [6.07, 6.45) is 5.16. The highest BCUT2D eigenvalue weighted by molar-refractivity contribution is 5.90. The summed E-state index contributed by atoms with van der Waals surface area (Å²) >= 11 is 0. The number of likely N-dealkylation sites (N-methyl/N-ethyl adjacent to an activating group) is 1. The first kappa shape index (κ1) is 28.2. The van der Waals surface area contributed by atoms with Crippen LogP contribution < -0.4 is 10.4 Å². The molecule has 0 unspecified atom stereocenters. The maximum atomic E-state index is 15.2. The third-order valence-electron chi connectivity index (χ3n) is 7.12. The van der Waals surface area contributed by atoms with Gasteiger partial charge in [-0.1, -0.05) is 25.1 Å². The zero-order chi connectivity index (χ0) is 28.9. The number of ether oxygens (including phenoxy) is 2. The molecule has 1 fully saturated rings. The number of hydroxylamine groups is 1. The minimum absolute atomic E-state index is 0.0718. The highest BCUT2D eigenvalue weighted by Gasteiger charge is 2.33. The molecule has 5 rings (SSSR count). The Morgan fingerprint density at radius 2 is 2.10 bits per heavy atom. The summed E-state index contributed by atoms with van der Waals surface area (Å²) < 4.78 is 27.6. The number of carbonyl (C=O) groups excluding carboxylic acids is 2. The average molecular weight is 566 g/mol. The summed E-state index contributed by atoms with van der Waals surface area (Å²) in [5.74, 6) is -0.796. The molecular weight excluding hydrogens is 533 g/mol. The van der Waals surface area contributed by atoms with Gasteiger partial charge in [-0.15, -0.1) is 5.10 Å². The average Bonchev–Trinajstić information content (AvgIpc) is 3.74. The quantitative estimate of drug-likeness (QED) is 0.347. The summed E-state index contributed by atoms with van der Waals surface area (Å²) in [6.45, 7) is 8.04. The van der Waals surface area contributed by atoms with E-state index in [0.29, 0.717) is 34.8 Å². The number of amides is 1. The molecule has 41 heavy (non-hydrogen) atoms. The number of rotatable bonds is 11. The number of aromatic nitrogens is 4. The second kappa shape index (κ2) is 12.4. The van der Waals surface area contributed by atoms with E-state index in [0.717, 1.165) is 13.1 Å². The Morgan fingerprint density at radius 1 is 1.27 bits per heavy atom. The molecule has 12 nitrogen and oxygen atoms in total. The van der Waals surface area contributed by atoms with Crippen molar-refractivity contribution >= 4 is 23.4 Å². The summed E-state index contributed by atoms with van der Waals surface area (Å²) in [4.78, 5) is 38.1. The third-order valence-corrected chi connectivity index (χ3v) is 7.12. The van der Waals surface area contributed by atoms with Crippen LogP contribution in [0.3, 0.4) is 0 Å². The Hall–Kier alpha value is -4.36. The first-order valence-corrected chi connectivity index (χ1v) is 13.5. The van der Waals surface area contributed by atoms with E-state index >= 15 is 4.39 Å². The number of hydrogen-bond donors (Lipinski definition) is 1. The largest absolute Gasteiger partial charge is 0.461 e. The lowest BCUT2D eigenvalue weighted by molar-refractivity contribution is -0.152. The summed E-state index contributed by atoms with van der Waals surface area (Å²) in [6, 6.07) is 7.75. The van der Waals surface area contributed by atoms with Gasteiger partial charge in [0, 0.05) is 23.5 Å². The second-order valence-electron chi connectivity index (χ2n) is 9.70. The van der Waals surface area contributed by atoms with Crippen LogP contribution in [-0.2, 0) is 25.7 Å². The Balaban J connectivity index is 1.19. The van der Waals surface area contributed by atoms with E-state index in [1.54, 1.807) is 53.6 Å². The molecule has 3 aromatic rings. The molecule has 2 aliphatic heterocycles. The molecule has 1 aromatic carbocycles. The predicted molar refractivity (Wildman–Crippen MR) is 147 cm³/mol. The Labute approximate surface area is 236 Å². The van der Waals surface area contributed by atoms with Gasteiger partial charge < -0.3 is 9.47 Å². The van der Waals surface area contributed by atoms with Crippen LogP contribution in [0.15, 0.2) is 55.0 Å². The van der Waals surface area contributed by atoms with Gasteiger partial charge in [0.05, 0.1) is 36.4 Å². The minimum atomic E-state index is -0.542. The van der Waals surface area contributed by atoms with Gasteiger partial charge in [0.2, 0.25) is 0 Å². The van der Waals surface area contributed by atoms with E-state index in [4.69, 9.17) is 14.3 Å². The lowest BCUT2D eigenvalue weighted by atomic mass is 10.1. The van der Waals surface area contributed by atoms with Crippen LogP contribution in [0.2, 0.25) is 0 Å². The first-order valence-electron chi connectivity index (χ1n) is 13.5. The Kier molecular flexibility index (Phi) is 8.55. The van der Waals surface area contributed by atoms with Gasteiger partial charge in [-0.05, 0) is 50.4 Å². The third kappa shape index (κ3) is 6.36. The van der Waals surface area contributed by atoms with Crippen molar-refractivity contribution < 1.29 is 28.3 Å². The monoisotopic (exact) mass is 565 g/mol. The summed E-state index contributed by atoms with van der Waals surface area (Å²) in [5, 5.41) is 7.63. The molecule has 0 bridgehead atoms. The van der Waals surface area contributed by atoms with Crippen LogP contribution in [0.1, 0.15) is 26.5 Å². The number of cyclic esters (lactones) is 1. The van der Waals surface area contributed by atoms with Gasteiger partial charge in [0.25, 0.3) is 0 Å². The van der Waals surface area contributed by atoms with Crippen molar-refractivity contribution in [1.29, 1.82) is 0 Å². The molecule has 1 N–H and O–H groups in total. The fourth-order valence-corrected chi connectivity index (χ4v) is 4.80. The fourth-order valence-electron chi connectivity index (χ4n) is 4.80. The van der Waals surface area contributed by atoms with Gasteiger partial charge in [0.1, 0.15) is 30.7 Å². The van der Waals surface area contributed by atoms with Gasteiger partial charge in [-0.3, -0.25) is 29.9 Å². The predicted octanol–water partition coefficient (Wildman–Crippen LogP) is 3.02. The maximum absolute atomic E-state index is 15.2. The van der Waals surface area contributed by atoms with Crippen molar-refractivity contribution in [3.63, 3.8) is 0 Å². The summed E-state index contributed by atoms with van der Waals surface area (Å²) in [5.41, 5.74) is 5.35. The van der Waals surface area contributed by atoms with Crippen LogP contribution in [0.5, 0.6) is 0 Å². The molecular formula is C28H32FN7O5. The highest BCUT2D eigenvalue weighted by atomic mass is 19.1. The number of benzene rings is 1. The molecule has 13 heteroatoms. The number of halogens is 1. The van der Waals surface area contributed by atoms with E-state index in [2.05, 4.69) is 20.8 Å². The normalized spacial score (nSPS) is 19.2. The molecule has 0 spiro atoms. The lowest BCUT2D eigenvalue weighted by Gasteiger charge is -2.24. The number of pyridine rings is 1. The van der Waals surface area contributed by atoms with Crippen LogP contribution in [0, 0.1) is 5.82 Å². The molecule has 4 heterocycles. The van der Waals surface area contributed by atoms with Gasteiger partial charge in [0.15, 0.2) is 0 Å². The van der Waals surface area contributed by atoms with Crippen molar-refractivity contribution in [2.75, 3.05) is 31.1 Å². The van der Waals surface area contributed by atoms with E-state index in [1.807, 2.05) is 25.7 Å². The highest BCUT2D eigenvalue weighted by Crippen LogP contribution is 2.30. The zero-order valence-corrected chi connectivity index (χ0v) is 23.1. The first-order chi connectivity index (χ1) is 19.9. The lowest BCUT2D eigenvalue weighted by Crippen LogP contribution is -2.40. The molecule has 0 aliphatic carbocycles. The van der Waals surface area contributed by atoms with Crippen molar-refractivity contribution in [3.8, 4) is 11.1 Å². The van der Waals surface area contributed by atoms with Gasteiger partial charge in [-0.25, -0.2) is 13.9 Å². The number of nitrogens with one attached hydrogen (secondary N) is 1.